The second kappa shape index (κ2) is 8.79. The molecule has 1 N–H and O–H groups in total. The molecule has 1 atom stereocenters. The van der Waals surface area contributed by atoms with E-state index in [1.54, 1.807) is 12.1 Å². The fourth-order valence-corrected chi connectivity index (χ4v) is 4.70. The van der Waals surface area contributed by atoms with Crippen molar-refractivity contribution in [3.8, 4) is 11.6 Å². The van der Waals surface area contributed by atoms with Crippen LogP contribution in [-0.2, 0) is 27.6 Å². The Kier molecular flexibility index (Phi) is 6.12. The second-order valence-corrected chi connectivity index (χ2v) is 9.32. The first-order valence-corrected chi connectivity index (χ1v) is 11.6. The van der Waals surface area contributed by atoms with Crippen LogP contribution in [0.4, 0.5) is 5.69 Å². The molecule has 0 bridgehead atoms. The van der Waals surface area contributed by atoms with Crippen LogP contribution in [-0.4, -0.2) is 64.9 Å². The van der Waals surface area contributed by atoms with Crippen molar-refractivity contribution in [1.29, 1.82) is 0 Å². The highest BCUT2D eigenvalue weighted by molar-refractivity contribution is 7.92. The summed E-state index contributed by atoms with van der Waals surface area (Å²) >= 11 is 0. The predicted octanol–water partition coefficient (Wildman–Crippen LogP) is 2.09. The molecule has 0 spiro atoms. The zero-order chi connectivity index (χ0) is 21.1. The van der Waals surface area contributed by atoms with Crippen LogP contribution >= 0.6 is 0 Å². The number of pyridine rings is 1. The number of likely N-dealkylation sites (N-methyl/N-ethyl adjacent to an activating group) is 1. The predicted molar refractivity (Wildman–Crippen MR) is 113 cm³/mol. The van der Waals surface area contributed by atoms with E-state index in [-0.39, 0.29) is 16.9 Å². The van der Waals surface area contributed by atoms with Gasteiger partial charge in [0.1, 0.15) is 17.5 Å². The Morgan fingerprint density at radius 2 is 1.97 bits per heavy atom. The molecule has 1 saturated heterocycles. The van der Waals surface area contributed by atoms with Gasteiger partial charge in [-0.05, 0) is 49.4 Å². The van der Waals surface area contributed by atoms with E-state index in [0.29, 0.717) is 24.7 Å². The lowest BCUT2D eigenvalue weighted by Gasteiger charge is -2.15. The lowest BCUT2D eigenvalue weighted by Crippen LogP contribution is -2.20. The first-order chi connectivity index (χ1) is 14.4. The van der Waals surface area contributed by atoms with Crippen molar-refractivity contribution >= 4 is 15.7 Å². The number of nitrogens with one attached hydrogen (secondary N) is 1. The minimum atomic E-state index is -3.80. The molecule has 1 fully saturated rings. The monoisotopic (exact) mass is 433 g/mol. The number of sulfonamides is 1. The first-order valence-electron chi connectivity index (χ1n) is 10.1. The van der Waals surface area contributed by atoms with Crippen LogP contribution < -0.4 is 14.2 Å². The Bertz CT molecular complexity index is 988. The first kappa shape index (κ1) is 20.9. The summed E-state index contributed by atoms with van der Waals surface area (Å²) in [6.45, 7) is 3.06. The van der Waals surface area contributed by atoms with Gasteiger partial charge in [-0.1, -0.05) is 0 Å². The van der Waals surface area contributed by atoms with Crippen LogP contribution in [0.2, 0.25) is 0 Å². The molecule has 30 heavy (non-hydrogen) atoms. The minimum absolute atomic E-state index is 0.0135. The number of methoxy groups -OCH3 is 1. The molecule has 2 aliphatic heterocycles. The number of hydrogen-bond acceptors (Lipinski definition) is 7. The van der Waals surface area contributed by atoms with Gasteiger partial charge in [0.2, 0.25) is 5.88 Å². The number of benzene rings is 1. The molecule has 1 aromatic carbocycles. The SMILES string of the molecule is COc1nc2c(cc1NS(=O)(=O)c1ccc(O[C@H]3CCOC3)cc1)CCN(C)CC2. The van der Waals surface area contributed by atoms with Gasteiger partial charge in [0, 0.05) is 31.6 Å². The van der Waals surface area contributed by atoms with Gasteiger partial charge < -0.3 is 19.1 Å². The van der Waals surface area contributed by atoms with Crippen LogP contribution in [0, 0.1) is 0 Å². The number of aromatic nitrogens is 1. The molecule has 0 unspecified atom stereocenters. The average Bonchev–Trinajstić information content (AvgIpc) is 3.17. The average molecular weight is 434 g/mol. The molecule has 0 aliphatic carbocycles. The lowest BCUT2D eigenvalue weighted by atomic mass is 10.1. The summed E-state index contributed by atoms with van der Waals surface area (Å²) in [6, 6.07) is 8.23. The van der Waals surface area contributed by atoms with E-state index in [0.717, 1.165) is 43.6 Å². The molecule has 162 valence electrons. The molecule has 3 heterocycles. The van der Waals surface area contributed by atoms with E-state index in [4.69, 9.17) is 14.2 Å². The van der Waals surface area contributed by atoms with Crippen LogP contribution in [0.5, 0.6) is 11.6 Å². The number of fused-ring (bicyclic) bond motifs is 1. The molecule has 0 amide bonds. The minimum Gasteiger partial charge on any atom is -0.488 e. The molecule has 8 nitrogen and oxygen atoms in total. The molecular formula is C21H27N3O5S. The zero-order valence-electron chi connectivity index (χ0n) is 17.3. The molecule has 1 aromatic heterocycles. The van der Waals surface area contributed by atoms with E-state index < -0.39 is 10.0 Å². The Morgan fingerprint density at radius 3 is 2.67 bits per heavy atom. The van der Waals surface area contributed by atoms with Crippen LogP contribution in [0.25, 0.3) is 0 Å². The maximum absolute atomic E-state index is 13.0. The van der Waals surface area contributed by atoms with Gasteiger partial charge in [-0.3, -0.25) is 4.72 Å². The molecule has 4 rings (SSSR count). The van der Waals surface area contributed by atoms with Gasteiger partial charge in [0.05, 0.1) is 25.2 Å². The molecule has 0 radical (unpaired) electrons. The van der Waals surface area contributed by atoms with Crippen molar-refractivity contribution in [2.24, 2.45) is 0 Å². The molecule has 9 heteroatoms. The maximum Gasteiger partial charge on any atom is 0.262 e. The summed E-state index contributed by atoms with van der Waals surface area (Å²) in [7, 11) is -0.233. The third kappa shape index (κ3) is 4.69. The van der Waals surface area contributed by atoms with Gasteiger partial charge >= 0.3 is 0 Å². The molecular weight excluding hydrogens is 406 g/mol. The topological polar surface area (TPSA) is 90.0 Å². The summed E-state index contributed by atoms with van der Waals surface area (Å²) in [5.74, 6) is 0.904. The Balaban J connectivity index is 1.54. The highest BCUT2D eigenvalue weighted by Gasteiger charge is 2.22. The van der Waals surface area contributed by atoms with E-state index in [9.17, 15) is 8.42 Å². The number of ether oxygens (including phenoxy) is 3. The van der Waals surface area contributed by atoms with E-state index in [2.05, 4.69) is 21.7 Å². The smallest absolute Gasteiger partial charge is 0.262 e. The maximum atomic E-state index is 13.0. The van der Waals surface area contributed by atoms with Crippen LogP contribution in [0.15, 0.2) is 35.2 Å². The highest BCUT2D eigenvalue weighted by Crippen LogP contribution is 2.29. The highest BCUT2D eigenvalue weighted by atomic mass is 32.2. The molecule has 0 saturated carbocycles. The van der Waals surface area contributed by atoms with Gasteiger partial charge in [-0.15, -0.1) is 0 Å². The summed E-state index contributed by atoms with van der Waals surface area (Å²) in [4.78, 5) is 6.95. The fraction of sp³-hybridized carbons (Fsp3) is 0.476. The number of rotatable bonds is 6. The van der Waals surface area contributed by atoms with Crippen molar-refractivity contribution in [2.75, 3.05) is 45.2 Å². The number of anilines is 1. The summed E-state index contributed by atoms with van der Waals surface area (Å²) in [6.07, 6.45) is 2.47. The lowest BCUT2D eigenvalue weighted by molar-refractivity contribution is 0.141. The Morgan fingerprint density at radius 1 is 1.20 bits per heavy atom. The number of nitrogens with zero attached hydrogens (tertiary/aromatic N) is 2. The fourth-order valence-electron chi connectivity index (χ4n) is 3.65. The van der Waals surface area contributed by atoms with E-state index >= 15 is 0 Å². The van der Waals surface area contributed by atoms with Crippen LogP contribution in [0.1, 0.15) is 17.7 Å². The summed E-state index contributed by atoms with van der Waals surface area (Å²) in [5.41, 5.74) is 2.35. The summed E-state index contributed by atoms with van der Waals surface area (Å²) < 4.78 is 45.0. The molecule has 2 aliphatic rings. The van der Waals surface area contributed by atoms with Gasteiger partial charge in [0.15, 0.2) is 0 Å². The molecule has 2 aromatic rings. The van der Waals surface area contributed by atoms with Crippen molar-refractivity contribution in [3.63, 3.8) is 0 Å². The van der Waals surface area contributed by atoms with Crippen molar-refractivity contribution in [3.05, 3.63) is 41.6 Å². The van der Waals surface area contributed by atoms with E-state index in [1.807, 2.05) is 6.07 Å². The third-order valence-corrected chi connectivity index (χ3v) is 6.79. The third-order valence-electron chi connectivity index (χ3n) is 5.41. The second-order valence-electron chi connectivity index (χ2n) is 7.63. The van der Waals surface area contributed by atoms with E-state index in [1.165, 1.54) is 19.2 Å². The normalized spacial score (nSPS) is 19.7. The van der Waals surface area contributed by atoms with Gasteiger partial charge in [-0.25, -0.2) is 13.4 Å². The Hall–Kier alpha value is -2.36. The van der Waals surface area contributed by atoms with Crippen molar-refractivity contribution < 1.29 is 22.6 Å². The standard InChI is InChI=1S/C21H27N3O5S/c1-24-10-7-15-13-20(21(27-2)22-19(15)8-11-24)23-30(25,26)18-5-3-16(4-6-18)29-17-9-12-28-14-17/h3-6,13,17,23H,7-12,14H2,1-2H3/t17-/m0/s1. The Labute approximate surface area is 177 Å². The van der Waals surface area contributed by atoms with Crippen molar-refractivity contribution in [2.45, 2.75) is 30.3 Å². The number of hydrogen-bond donors (Lipinski definition) is 1. The summed E-state index contributed by atoms with van der Waals surface area (Å²) in [5, 5.41) is 0. The van der Waals surface area contributed by atoms with Crippen LogP contribution in [0.3, 0.4) is 0 Å². The zero-order valence-corrected chi connectivity index (χ0v) is 18.1. The largest absolute Gasteiger partial charge is 0.488 e. The quantitative estimate of drug-likeness (QED) is 0.746. The van der Waals surface area contributed by atoms with Gasteiger partial charge in [0.25, 0.3) is 10.0 Å². The van der Waals surface area contributed by atoms with Gasteiger partial charge in [-0.2, -0.15) is 0 Å². The van der Waals surface area contributed by atoms with Crippen molar-refractivity contribution in [1.82, 2.24) is 9.88 Å².